The van der Waals surface area contributed by atoms with Crippen molar-refractivity contribution in [3.63, 3.8) is 0 Å². The number of rotatable bonds is 6. The fraction of sp³-hybridized carbons (Fsp3) is 0.250. The number of amides is 2. The number of carbonyl (C=O) groups excluding carboxylic acids is 2. The molecule has 0 atom stereocenters. The number of nitrogens with one attached hydrogen (secondary N) is 2. The average Bonchev–Trinajstić information content (AvgIpc) is 3.33. The van der Waals surface area contributed by atoms with E-state index in [9.17, 15) is 9.59 Å². The predicted octanol–water partition coefficient (Wildman–Crippen LogP) is 4.71. The smallest absolute Gasteiger partial charge is 0.255 e. The maximum Gasteiger partial charge on any atom is 0.255 e. The lowest BCUT2D eigenvalue weighted by Gasteiger charge is -2.28. The standard InChI is InChI=1S/C28H29N5O3/c1-19(2)27(34)30-22-5-10-25(11-6-22)33-26-12-7-23(17-21(26)18-29-33)31-28(35)20-3-8-24(9-4-20)32-13-15-36-16-14-32/h3-12,17-19H,13-16H2,1-2H3,(H,30,34)(H,31,35). The number of hydrogen-bond acceptors (Lipinski definition) is 5. The molecule has 36 heavy (non-hydrogen) atoms. The van der Waals surface area contributed by atoms with Gasteiger partial charge in [-0.2, -0.15) is 5.10 Å². The summed E-state index contributed by atoms with van der Waals surface area (Å²) in [5.41, 5.74) is 4.95. The number of anilines is 3. The minimum atomic E-state index is -0.158. The predicted molar refractivity (Wildman–Crippen MR) is 142 cm³/mol. The first kappa shape index (κ1) is 23.6. The monoisotopic (exact) mass is 483 g/mol. The average molecular weight is 484 g/mol. The molecule has 0 aliphatic carbocycles. The zero-order valence-electron chi connectivity index (χ0n) is 20.4. The van der Waals surface area contributed by atoms with Crippen LogP contribution in [0.3, 0.4) is 0 Å². The van der Waals surface area contributed by atoms with Gasteiger partial charge in [0.25, 0.3) is 5.91 Å². The van der Waals surface area contributed by atoms with Gasteiger partial charge in [0.2, 0.25) is 5.91 Å². The summed E-state index contributed by atoms with van der Waals surface area (Å²) in [6.07, 6.45) is 1.77. The second kappa shape index (κ2) is 10.2. The summed E-state index contributed by atoms with van der Waals surface area (Å²) in [6, 6.07) is 20.9. The van der Waals surface area contributed by atoms with E-state index in [1.165, 1.54) is 0 Å². The molecule has 0 bridgehead atoms. The summed E-state index contributed by atoms with van der Waals surface area (Å²) >= 11 is 0. The Kier molecular flexibility index (Phi) is 6.69. The normalized spacial score (nSPS) is 13.7. The van der Waals surface area contributed by atoms with Crippen molar-refractivity contribution in [2.45, 2.75) is 13.8 Å². The second-order valence-electron chi connectivity index (χ2n) is 9.12. The van der Waals surface area contributed by atoms with Gasteiger partial charge in [0.1, 0.15) is 0 Å². The molecule has 3 aromatic carbocycles. The van der Waals surface area contributed by atoms with Crippen molar-refractivity contribution in [3.05, 3.63) is 78.5 Å². The van der Waals surface area contributed by atoms with Crippen molar-refractivity contribution in [2.75, 3.05) is 41.8 Å². The van der Waals surface area contributed by atoms with Gasteiger partial charge in [0.15, 0.2) is 0 Å². The third-order valence-corrected chi connectivity index (χ3v) is 6.24. The lowest BCUT2D eigenvalue weighted by molar-refractivity contribution is -0.118. The van der Waals surface area contributed by atoms with Crippen LogP contribution in [0.1, 0.15) is 24.2 Å². The zero-order chi connectivity index (χ0) is 25.1. The highest BCUT2D eigenvalue weighted by Gasteiger charge is 2.13. The molecule has 2 amide bonds. The van der Waals surface area contributed by atoms with Gasteiger partial charge in [0, 0.05) is 47.0 Å². The molecule has 1 aliphatic heterocycles. The third-order valence-electron chi connectivity index (χ3n) is 6.24. The quantitative estimate of drug-likeness (QED) is 0.415. The fourth-order valence-electron chi connectivity index (χ4n) is 4.14. The van der Waals surface area contributed by atoms with Gasteiger partial charge in [-0.05, 0) is 66.7 Å². The summed E-state index contributed by atoms with van der Waals surface area (Å²) in [5, 5.41) is 11.3. The molecule has 1 aliphatic rings. The number of carbonyl (C=O) groups is 2. The van der Waals surface area contributed by atoms with E-state index in [0.29, 0.717) is 11.3 Å². The van der Waals surface area contributed by atoms with Crippen LogP contribution in [-0.4, -0.2) is 47.9 Å². The van der Waals surface area contributed by atoms with Gasteiger partial charge in [-0.15, -0.1) is 0 Å². The molecule has 8 nitrogen and oxygen atoms in total. The molecule has 1 fully saturated rings. The molecular weight excluding hydrogens is 454 g/mol. The van der Waals surface area contributed by atoms with Gasteiger partial charge in [-0.25, -0.2) is 4.68 Å². The van der Waals surface area contributed by atoms with Crippen LogP contribution in [0, 0.1) is 5.92 Å². The minimum absolute atomic E-state index is 0.0186. The number of nitrogens with zero attached hydrogens (tertiary/aromatic N) is 3. The SMILES string of the molecule is CC(C)C(=O)Nc1ccc(-n2ncc3cc(NC(=O)c4ccc(N5CCOCC5)cc4)ccc32)cc1. The highest BCUT2D eigenvalue weighted by Crippen LogP contribution is 2.24. The van der Waals surface area contributed by atoms with Crippen LogP contribution < -0.4 is 15.5 Å². The van der Waals surface area contributed by atoms with E-state index in [1.807, 2.05) is 85.3 Å². The number of benzene rings is 3. The number of hydrogen-bond donors (Lipinski definition) is 2. The summed E-state index contributed by atoms with van der Waals surface area (Å²) in [5.74, 6) is -0.256. The maximum atomic E-state index is 12.8. The fourth-order valence-corrected chi connectivity index (χ4v) is 4.14. The van der Waals surface area contributed by atoms with E-state index < -0.39 is 0 Å². The van der Waals surface area contributed by atoms with Gasteiger partial charge in [-0.1, -0.05) is 13.8 Å². The molecule has 184 valence electrons. The topological polar surface area (TPSA) is 88.5 Å². The molecular formula is C28H29N5O3. The Morgan fingerprint density at radius 3 is 2.22 bits per heavy atom. The Bertz CT molecular complexity index is 1370. The number of fused-ring (bicyclic) bond motifs is 1. The molecule has 2 N–H and O–H groups in total. The van der Waals surface area contributed by atoms with E-state index in [1.54, 1.807) is 6.20 Å². The molecule has 5 rings (SSSR count). The van der Waals surface area contributed by atoms with E-state index in [-0.39, 0.29) is 17.7 Å². The molecule has 4 aromatic rings. The Hall–Kier alpha value is -4.17. The zero-order valence-corrected chi connectivity index (χ0v) is 20.4. The van der Waals surface area contributed by atoms with E-state index in [2.05, 4.69) is 20.6 Å². The summed E-state index contributed by atoms with van der Waals surface area (Å²) in [4.78, 5) is 27.0. The van der Waals surface area contributed by atoms with Crippen LogP contribution >= 0.6 is 0 Å². The summed E-state index contributed by atoms with van der Waals surface area (Å²) in [7, 11) is 0. The van der Waals surface area contributed by atoms with Gasteiger partial charge in [0.05, 0.1) is 30.6 Å². The van der Waals surface area contributed by atoms with Crippen LogP contribution in [0.25, 0.3) is 16.6 Å². The molecule has 2 heterocycles. The second-order valence-corrected chi connectivity index (χ2v) is 9.12. The van der Waals surface area contributed by atoms with Crippen molar-refractivity contribution >= 4 is 39.8 Å². The van der Waals surface area contributed by atoms with E-state index in [4.69, 9.17) is 4.74 Å². The Labute approximate surface area is 209 Å². The molecule has 0 saturated carbocycles. The molecule has 8 heteroatoms. The number of aromatic nitrogens is 2. The summed E-state index contributed by atoms with van der Waals surface area (Å²) in [6.45, 7) is 6.89. The van der Waals surface area contributed by atoms with Gasteiger partial charge >= 0.3 is 0 Å². The van der Waals surface area contributed by atoms with Crippen molar-refractivity contribution in [1.29, 1.82) is 0 Å². The highest BCUT2D eigenvalue weighted by atomic mass is 16.5. The van der Waals surface area contributed by atoms with E-state index in [0.717, 1.165) is 54.3 Å². The largest absolute Gasteiger partial charge is 0.378 e. The lowest BCUT2D eigenvalue weighted by Crippen LogP contribution is -2.36. The Balaban J connectivity index is 1.27. The molecule has 0 radical (unpaired) electrons. The summed E-state index contributed by atoms with van der Waals surface area (Å²) < 4.78 is 7.24. The van der Waals surface area contributed by atoms with Gasteiger partial charge < -0.3 is 20.3 Å². The van der Waals surface area contributed by atoms with Crippen LogP contribution in [0.5, 0.6) is 0 Å². The van der Waals surface area contributed by atoms with Crippen molar-refractivity contribution in [2.24, 2.45) is 5.92 Å². The minimum Gasteiger partial charge on any atom is -0.378 e. The van der Waals surface area contributed by atoms with Crippen LogP contribution in [0.2, 0.25) is 0 Å². The first-order chi connectivity index (χ1) is 17.5. The van der Waals surface area contributed by atoms with Gasteiger partial charge in [-0.3, -0.25) is 9.59 Å². The molecule has 1 saturated heterocycles. The lowest BCUT2D eigenvalue weighted by atomic mass is 10.1. The van der Waals surface area contributed by atoms with Crippen molar-refractivity contribution in [3.8, 4) is 5.69 Å². The number of morpholine rings is 1. The first-order valence-corrected chi connectivity index (χ1v) is 12.1. The third kappa shape index (κ3) is 5.08. The Morgan fingerprint density at radius 2 is 1.53 bits per heavy atom. The maximum absolute atomic E-state index is 12.8. The molecule has 0 spiro atoms. The molecule has 1 aromatic heterocycles. The van der Waals surface area contributed by atoms with Crippen molar-refractivity contribution in [1.82, 2.24) is 9.78 Å². The Morgan fingerprint density at radius 1 is 0.861 bits per heavy atom. The highest BCUT2D eigenvalue weighted by molar-refractivity contribution is 6.05. The van der Waals surface area contributed by atoms with E-state index >= 15 is 0 Å². The molecule has 0 unspecified atom stereocenters. The van der Waals surface area contributed by atoms with Crippen molar-refractivity contribution < 1.29 is 14.3 Å². The number of ether oxygens (including phenoxy) is 1. The first-order valence-electron chi connectivity index (χ1n) is 12.1. The van der Waals surface area contributed by atoms with Crippen LogP contribution in [0.4, 0.5) is 17.1 Å². The van der Waals surface area contributed by atoms with Crippen LogP contribution in [0.15, 0.2) is 72.9 Å². The van der Waals surface area contributed by atoms with Crippen LogP contribution in [-0.2, 0) is 9.53 Å².